The Balaban J connectivity index is 2.35. The van der Waals surface area contributed by atoms with Gasteiger partial charge in [0.15, 0.2) is 6.73 Å². The molecule has 0 radical (unpaired) electrons. The number of ketones is 1. The van der Waals surface area contributed by atoms with E-state index < -0.39 is 0 Å². The Morgan fingerprint density at radius 2 is 2.78 bits per heavy atom. The van der Waals surface area contributed by atoms with E-state index in [-0.39, 0.29) is 5.78 Å². The first kappa shape index (κ1) is 6.22. The van der Waals surface area contributed by atoms with Crippen LogP contribution >= 0.6 is 0 Å². The summed E-state index contributed by atoms with van der Waals surface area (Å²) in [6.45, 7) is 1.84. The van der Waals surface area contributed by atoms with Gasteiger partial charge < -0.3 is 0 Å². The molecule has 9 heavy (non-hydrogen) atoms. The van der Waals surface area contributed by atoms with E-state index in [9.17, 15) is 4.79 Å². The highest BCUT2D eigenvalue weighted by Crippen LogP contribution is 1.91. The zero-order valence-corrected chi connectivity index (χ0v) is 5.18. The quantitative estimate of drug-likeness (QED) is 0.563. The van der Waals surface area contributed by atoms with Gasteiger partial charge >= 0.3 is 0 Å². The maximum atomic E-state index is 10.4. The number of nitrogens with one attached hydrogen (secondary N) is 1. The van der Waals surface area contributed by atoms with Gasteiger partial charge in [-0.2, -0.15) is 0 Å². The molecule has 0 atom stereocenters. The molecule has 0 fully saturated rings. The Morgan fingerprint density at radius 1 is 2.00 bits per heavy atom. The Kier molecular flexibility index (Phi) is 1.79. The lowest BCUT2D eigenvalue weighted by Crippen LogP contribution is -2.18. The van der Waals surface area contributed by atoms with Crippen molar-refractivity contribution in [2.45, 2.75) is 13.3 Å². The largest absolute Gasteiger partial charge is 0.300 e. The van der Waals surface area contributed by atoms with Gasteiger partial charge in [0.25, 0.3) is 0 Å². The summed E-state index contributed by atoms with van der Waals surface area (Å²) in [5.41, 5.74) is 2.52. The highest BCUT2D eigenvalue weighted by molar-refractivity contribution is 5.99. The predicted octanol–water partition coefficient (Wildman–Crippen LogP) is -0.144. The van der Waals surface area contributed by atoms with E-state index in [0.29, 0.717) is 19.0 Å². The molecule has 1 rings (SSSR count). The molecule has 0 amide bonds. The standard InChI is InChI=1S/C5H8N2O2/c1-4(8)2-5-6-3-9-7-5/h2-3H2,1H3,(H,6,7). The van der Waals surface area contributed by atoms with E-state index in [2.05, 4.69) is 15.3 Å². The van der Waals surface area contributed by atoms with Crippen LogP contribution in [0.2, 0.25) is 0 Å². The van der Waals surface area contributed by atoms with Crippen LogP contribution in [0.4, 0.5) is 0 Å². The fourth-order valence-electron chi connectivity index (χ4n) is 0.586. The Bertz CT molecular complexity index is 153. The topological polar surface area (TPSA) is 50.7 Å². The second-order valence-electron chi connectivity index (χ2n) is 1.86. The van der Waals surface area contributed by atoms with E-state index in [1.54, 1.807) is 0 Å². The lowest BCUT2D eigenvalue weighted by molar-refractivity contribution is -0.115. The second-order valence-corrected chi connectivity index (χ2v) is 1.86. The molecule has 0 aliphatic carbocycles. The molecule has 0 aromatic rings. The normalized spacial score (nSPS) is 16.8. The Hall–Kier alpha value is -0.900. The first-order chi connectivity index (χ1) is 4.29. The number of carbonyl (C=O) groups excluding carboxylic acids is 1. The number of rotatable bonds is 2. The van der Waals surface area contributed by atoms with E-state index in [0.717, 1.165) is 0 Å². The molecular weight excluding hydrogens is 120 g/mol. The Labute approximate surface area is 52.9 Å². The van der Waals surface area contributed by atoms with Crippen molar-refractivity contribution in [3.63, 3.8) is 0 Å². The van der Waals surface area contributed by atoms with Crippen molar-refractivity contribution in [3.8, 4) is 0 Å². The molecule has 1 N–H and O–H groups in total. The summed E-state index contributed by atoms with van der Waals surface area (Å²) in [6, 6.07) is 0. The van der Waals surface area contributed by atoms with Crippen LogP contribution in [-0.4, -0.2) is 18.3 Å². The van der Waals surface area contributed by atoms with Gasteiger partial charge in [-0.15, -0.1) is 0 Å². The molecule has 1 aliphatic rings. The molecule has 0 saturated carbocycles. The molecule has 1 aliphatic heterocycles. The summed E-state index contributed by atoms with van der Waals surface area (Å²) >= 11 is 0. The number of hydroxylamine groups is 1. The molecule has 0 spiro atoms. The predicted molar refractivity (Wildman–Crippen MR) is 31.8 cm³/mol. The van der Waals surface area contributed by atoms with E-state index >= 15 is 0 Å². The summed E-state index contributed by atoms with van der Waals surface area (Å²) in [7, 11) is 0. The van der Waals surface area contributed by atoms with Crippen molar-refractivity contribution in [1.29, 1.82) is 0 Å². The minimum Gasteiger partial charge on any atom is -0.300 e. The third-order valence-electron chi connectivity index (χ3n) is 0.926. The SMILES string of the molecule is CC(=O)CC1=NCON1. The highest BCUT2D eigenvalue weighted by atomic mass is 16.7. The van der Waals surface area contributed by atoms with Crippen molar-refractivity contribution in [1.82, 2.24) is 5.48 Å². The molecule has 0 aromatic heterocycles. The van der Waals surface area contributed by atoms with E-state index in [4.69, 9.17) is 0 Å². The lowest BCUT2D eigenvalue weighted by Gasteiger charge is -1.94. The van der Waals surface area contributed by atoms with E-state index in [1.807, 2.05) is 0 Å². The van der Waals surface area contributed by atoms with Crippen molar-refractivity contribution in [2.24, 2.45) is 4.99 Å². The number of carbonyl (C=O) groups is 1. The first-order valence-corrected chi connectivity index (χ1v) is 2.69. The molecule has 0 unspecified atom stereocenters. The van der Waals surface area contributed by atoms with Gasteiger partial charge in [-0.05, 0) is 6.92 Å². The van der Waals surface area contributed by atoms with Crippen LogP contribution in [0.25, 0.3) is 0 Å². The minimum atomic E-state index is 0.0896. The van der Waals surface area contributed by atoms with Gasteiger partial charge in [0.05, 0.1) is 6.42 Å². The highest BCUT2D eigenvalue weighted by Gasteiger charge is 2.06. The average Bonchev–Trinajstić information content (AvgIpc) is 2.15. The van der Waals surface area contributed by atoms with Gasteiger partial charge in [-0.1, -0.05) is 0 Å². The number of amidine groups is 1. The monoisotopic (exact) mass is 128 g/mol. The molecule has 0 aromatic carbocycles. The zero-order chi connectivity index (χ0) is 6.69. The third kappa shape index (κ3) is 1.81. The van der Waals surface area contributed by atoms with Crippen LogP contribution in [0, 0.1) is 0 Å². The summed E-state index contributed by atoms with van der Waals surface area (Å²) < 4.78 is 0. The van der Waals surface area contributed by atoms with Crippen molar-refractivity contribution in [3.05, 3.63) is 0 Å². The van der Waals surface area contributed by atoms with Gasteiger partial charge in [0.2, 0.25) is 0 Å². The van der Waals surface area contributed by atoms with E-state index in [1.165, 1.54) is 6.92 Å². The minimum absolute atomic E-state index is 0.0896. The lowest BCUT2D eigenvalue weighted by atomic mass is 10.3. The first-order valence-electron chi connectivity index (χ1n) is 2.69. The number of hydrogen-bond donors (Lipinski definition) is 1. The van der Waals surface area contributed by atoms with Crippen LogP contribution in [0.5, 0.6) is 0 Å². The van der Waals surface area contributed by atoms with Crippen LogP contribution in [0.15, 0.2) is 4.99 Å². The smallest absolute Gasteiger partial charge is 0.166 e. The molecular formula is C5H8N2O2. The molecule has 0 bridgehead atoms. The molecule has 4 nitrogen and oxygen atoms in total. The average molecular weight is 128 g/mol. The second kappa shape index (κ2) is 2.59. The van der Waals surface area contributed by atoms with Crippen molar-refractivity contribution in [2.75, 3.05) is 6.73 Å². The molecule has 0 saturated heterocycles. The number of Topliss-reactive ketones (excluding diaryl/α,β-unsaturated/α-hetero) is 1. The van der Waals surface area contributed by atoms with Crippen LogP contribution in [-0.2, 0) is 9.63 Å². The van der Waals surface area contributed by atoms with Crippen molar-refractivity contribution < 1.29 is 9.63 Å². The molecule has 4 heteroatoms. The van der Waals surface area contributed by atoms with Gasteiger partial charge in [-0.3, -0.25) is 15.1 Å². The summed E-state index contributed by atoms with van der Waals surface area (Å²) in [5, 5.41) is 0. The van der Waals surface area contributed by atoms with Gasteiger partial charge in [-0.25, -0.2) is 4.99 Å². The van der Waals surface area contributed by atoms with Gasteiger partial charge in [0.1, 0.15) is 11.6 Å². The van der Waals surface area contributed by atoms with Crippen molar-refractivity contribution >= 4 is 11.6 Å². The number of nitrogens with zero attached hydrogens (tertiary/aromatic N) is 1. The maximum Gasteiger partial charge on any atom is 0.166 e. The van der Waals surface area contributed by atoms with Gasteiger partial charge in [0, 0.05) is 0 Å². The fraction of sp³-hybridized carbons (Fsp3) is 0.600. The summed E-state index contributed by atoms with van der Waals surface area (Å²) in [5.74, 6) is 0.717. The van der Waals surface area contributed by atoms with Crippen LogP contribution in [0.3, 0.4) is 0 Å². The maximum absolute atomic E-state index is 10.4. The zero-order valence-electron chi connectivity index (χ0n) is 5.18. The molecule has 1 heterocycles. The van der Waals surface area contributed by atoms with Crippen LogP contribution in [0.1, 0.15) is 13.3 Å². The fourth-order valence-corrected chi connectivity index (χ4v) is 0.586. The number of hydrogen-bond acceptors (Lipinski definition) is 4. The Morgan fingerprint density at radius 3 is 3.22 bits per heavy atom. The summed E-state index contributed by atoms with van der Waals surface area (Å²) in [6.07, 6.45) is 0.347. The number of aliphatic imine (C=N–C) groups is 1. The van der Waals surface area contributed by atoms with Crippen LogP contribution < -0.4 is 5.48 Å². The third-order valence-corrected chi connectivity index (χ3v) is 0.926. The summed E-state index contributed by atoms with van der Waals surface area (Å²) in [4.78, 5) is 18.9. The molecule has 50 valence electrons.